The molecule has 0 fully saturated rings. The summed E-state index contributed by atoms with van der Waals surface area (Å²) in [6.45, 7) is 3.68. The third-order valence-corrected chi connectivity index (χ3v) is 1.68. The van der Waals surface area contributed by atoms with E-state index in [4.69, 9.17) is 18.0 Å². The van der Waals surface area contributed by atoms with E-state index in [9.17, 15) is 0 Å². The van der Waals surface area contributed by atoms with E-state index in [2.05, 4.69) is 11.9 Å². The molecule has 0 aromatic heterocycles. The zero-order valence-corrected chi connectivity index (χ0v) is 8.10. The van der Waals surface area contributed by atoms with Crippen LogP contribution in [0, 0.1) is 0 Å². The number of nitrogens with two attached hydrogens (primary N) is 1. The standard InChI is InChI=1S/C10H12N2S/c1-2-4-8-5-3-6-9(7-8)12-10(11)13/h2-3,5-7H,1,4H2,(H3,11,12,13). The van der Waals surface area contributed by atoms with Crippen molar-refractivity contribution in [2.45, 2.75) is 6.42 Å². The van der Waals surface area contributed by atoms with Crippen molar-refractivity contribution in [2.75, 3.05) is 5.32 Å². The lowest BCUT2D eigenvalue weighted by molar-refractivity contribution is 1.28. The van der Waals surface area contributed by atoms with Gasteiger partial charge in [-0.2, -0.15) is 0 Å². The molecule has 0 spiro atoms. The molecule has 0 atom stereocenters. The molecule has 68 valence electrons. The molecule has 0 aliphatic carbocycles. The molecule has 0 heterocycles. The van der Waals surface area contributed by atoms with Gasteiger partial charge in [-0.1, -0.05) is 18.2 Å². The fraction of sp³-hybridized carbons (Fsp3) is 0.100. The third kappa shape index (κ3) is 3.25. The first-order valence-corrected chi connectivity index (χ1v) is 4.39. The number of rotatable bonds is 3. The average Bonchev–Trinajstić information content (AvgIpc) is 2.04. The van der Waals surface area contributed by atoms with Gasteiger partial charge in [-0.15, -0.1) is 6.58 Å². The third-order valence-electron chi connectivity index (χ3n) is 1.57. The zero-order chi connectivity index (χ0) is 9.68. The van der Waals surface area contributed by atoms with Crippen molar-refractivity contribution in [3.63, 3.8) is 0 Å². The predicted molar refractivity (Wildman–Crippen MR) is 60.8 cm³/mol. The SMILES string of the molecule is C=CCc1cccc(NC(N)=S)c1. The van der Waals surface area contributed by atoms with Crippen molar-refractivity contribution in [1.29, 1.82) is 0 Å². The number of thiocarbonyl (C=S) groups is 1. The first kappa shape index (κ1) is 9.74. The van der Waals surface area contributed by atoms with Crippen molar-refractivity contribution in [2.24, 2.45) is 5.73 Å². The van der Waals surface area contributed by atoms with Gasteiger partial charge in [0.2, 0.25) is 0 Å². The van der Waals surface area contributed by atoms with Crippen molar-refractivity contribution < 1.29 is 0 Å². The van der Waals surface area contributed by atoms with Gasteiger partial charge >= 0.3 is 0 Å². The Morgan fingerprint density at radius 2 is 2.38 bits per heavy atom. The molecule has 1 aromatic rings. The zero-order valence-electron chi connectivity index (χ0n) is 7.29. The lowest BCUT2D eigenvalue weighted by Crippen LogP contribution is -2.18. The molecular weight excluding hydrogens is 180 g/mol. The summed E-state index contributed by atoms with van der Waals surface area (Å²) in [5.74, 6) is 0. The van der Waals surface area contributed by atoms with E-state index < -0.39 is 0 Å². The summed E-state index contributed by atoms with van der Waals surface area (Å²) in [7, 11) is 0. The van der Waals surface area contributed by atoms with E-state index in [0.29, 0.717) is 0 Å². The summed E-state index contributed by atoms with van der Waals surface area (Å²) < 4.78 is 0. The fourth-order valence-corrected chi connectivity index (χ4v) is 1.20. The molecule has 1 rings (SSSR count). The van der Waals surface area contributed by atoms with Crippen LogP contribution in [0.3, 0.4) is 0 Å². The van der Waals surface area contributed by atoms with Gasteiger partial charge in [-0.05, 0) is 36.3 Å². The van der Waals surface area contributed by atoms with Gasteiger partial charge in [0.25, 0.3) is 0 Å². The number of anilines is 1. The summed E-state index contributed by atoms with van der Waals surface area (Å²) in [6, 6.07) is 7.92. The second-order valence-electron chi connectivity index (χ2n) is 2.68. The molecule has 0 aliphatic rings. The Morgan fingerprint density at radius 1 is 1.62 bits per heavy atom. The Kier molecular flexibility index (Phi) is 3.46. The van der Waals surface area contributed by atoms with Crippen LogP contribution in [0.25, 0.3) is 0 Å². The molecule has 0 amide bonds. The maximum atomic E-state index is 5.35. The fourth-order valence-electron chi connectivity index (χ4n) is 1.08. The highest BCUT2D eigenvalue weighted by Crippen LogP contribution is 2.10. The molecule has 0 saturated carbocycles. The van der Waals surface area contributed by atoms with Crippen LogP contribution in [0.4, 0.5) is 5.69 Å². The number of hydrogen-bond acceptors (Lipinski definition) is 1. The van der Waals surface area contributed by atoms with E-state index in [1.54, 1.807) is 0 Å². The van der Waals surface area contributed by atoms with Crippen LogP contribution in [0.15, 0.2) is 36.9 Å². The molecule has 0 radical (unpaired) electrons. The van der Waals surface area contributed by atoms with Gasteiger partial charge < -0.3 is 11.1 Å². The highest BCUT2D eigenvalue weighted by atomic mass is 32.1. The summed E-state index contributed by atoms with van der Waals surface area (Å²) in [6.07, 6.45) is 2.72. The Balaban J connectivity index is 2.78. The minimum absolute atomic E-state index is 0.288. The van der Waals surface area contributed by atoms with Crippen molar-refractivity contribution in [3.8, 4) is 0 Å². The Morgan fingerprint density at radius 3 is 3.00 bits per heavy atom. The summed E-state index contributed by atoms with van der Waals surface area (Å²) in [5.41, 5.74) is 7.46. The summed E-state index contributed by atoms with van der Waals surface area (Å²) in [4.78, 5) is 0. The van der Waals surface area contributed by atoms with Crippen molar-refractivity contribution >= 4 is 23.0 Å². The number of benzene rings is 1. The van der Waals surface area contributed by atoms with Crippen molar-refractivity contribution in [3.05, 3.63) is 42.5 Å². The molecule has 0 aliphatic heterocycles. The van der Waals surface area contributed by atoms with E-state index in [1.165, 1.54) is 5.56 Å². The molecule has 0 saturated heterocycles. The molecular formula is C10H12N2S. The van der Waals surface area contributed by atoms with Gasteiger partial charge in [0, 0.05) is 5.69 Å². The molecule has 2 nitrogen and oxygen atoms in total. The minimum Gasteiger partial charge on any atom is -0.376 e. The maximum absolute atomic E-state index is 5.35. The first-order chi connectivity index (χ1) is 6.22. The average molecular weight is 192 g/mol. The van der Waals surface area contributed by atoms with Crippen LogP contribution < -0.4 is 11.1 Å². The minimum atomic E-state index is 0.288. The van der Waals surface area contributed by atoms with Crippen LogP contribution in [-0.2, 0) is 6.42 Å². The smallest absolute Gasteiger partial charge is 0.168 e. The Hall–Kier alpha value is -1.35. The molecule has 13 heavy (non-hydrogen) atoms. The number of nitrogens with one attached hydrogen (secondary N) is 1. The van der Waals surface area contributed by atoms with E-state index in [-0.39, 0.29) is 5.11 Å². The van der Waals surface area contributed by atoms with Gasteiger partial charge in [-0.25, -0.2) is 0 Å². The van der Waals surface area contributed by atoms with Crippen LogP contribution >= 0.6 is 12.2 Å². The highest BCUT2D eigenvalue weighted by Gasteiger charge is 1.94. The Labute approximate surface area is 83.5 Å². The molecule has 0 unspecified atom stereocenters. The second-order valence-corrected chi connectivity index (χ2v) is 3.12. The van der Waals surface area contributed by atoms with Crippen LogP contribution in [0.2, 0.25) is 0 Å². The summed E-state index contributed by atoms with van der Waals surface area (Å²) >= 11 is 4.73. The van der Waals surface area contributed by atoms with Gasteiger partial charge in [-0.3, -0.25) is 0 Å². The van der Waals surface area contributed by atoms with Crippen molar-refractivity contribution in [1.82, 2.24) is 0 Å². The van der Waals surface area contributed by atoms with Crippen LogP contribution in [-0.4, -0.2) is 5.11 Å². The molecule has 1 aromatic carbocycles. The van der Waals surface area contributed by atoms with E-state index in [0.717, 1.165) is 12.1 Å². The molecule has 3 N–H and O–H groups in total. The first-order valence-electron chi connectivity index (χ1n) is 3.98. The van der Waals surface area contributed by atoms with Gasteiger partial charge in [0.1, 0.15) is 0 Å². The van der Waals surface area contributed by atoms with Gasteiger partial charge in [0.15, 0.2) is 5.11 Å². The largest absolute Gasteiger partial charge is 0.376 e. The lowest BCUT2D eigenvalue weighted by atomic mass is 10.1. The van der Waals surface area contributed by atoms with E-state index >= 15 is 0 Å². The Bertz CT molecular complexity index is 320. The normalized spacial score (nSPS) is 9.23. The highest BCUT2D eigenvalue weighted by molar-refractivity contribution is 7.80. The van der Waals surface area contributed by atoms with Crippen LogP contribution in [0.5, 0.6) is 0 Å². The maximum Gasteiger partial charge on any atom is 0.168 e. The molecule has 3 heteroatoms. The number of allylic oxidation sites excluding steroid dienone is 1. The molecule has 0 bridgehead atoms. The monoisotopic (exact) mass is 192 g/mol. The predicted octanol–water partition coefficient (Wildman–Crippen LogP) is 2.07. The topological polar surface area (TPSA) is 38.0 Å². The van der Waals surface area contributed by atoms with Gasteiger partial charge in [0.05, 0.1) is 0 Å². The second kappa shape index (κ2) is 4.62. The lowest BCUT2D eigenvalue weighted by Gasteiger charge is -2.04. The summed E-state index contributed by atoms with van der Waals surface area (Å²) in [5, 5.41) is 3.17. The quantitative estimate of drug-likeness (QED) is 0.568. The van der Waals surface area contributed by atoms with E-state index in [1.807, 2.05) is 30.3 Å². The number of hydrogen-bond donors (Lipinski definition) is 2. The van der Waals surface area contributed by atoms with Crippen LogP contribution in [0.1, 0.15) is 5.56 Å².